The first-order valence-corrected chi connectivity index (χ1v) is 7.14. The van der Waals surface area contributed by atoms with E-state index < -0.39 is 0 Å². The molecule has 0 aliphatic heterocycles. The monoisotopic (exact) mass is 279 g/mol. The largest absolute Gasteiger partial charge is 0.373 e. The summed E-state index contributed by atoms with van der Waals surface area (Å²) in [4.78, 5) is 22.7. The van der Waals surface area contributed by atoms with E-state index in [0.29, 0.717) is 0 Å². The Morgan fingerprint density at radius 2 is 1.75 bits per heavy atom. The van der Waals surface area contributed by atoms with E-state index in [9.17, 15) is 4.79 Å². The van der Waals surface area contributed by atoms with Crippen LogP contribution >= 0.6 is 0 Å². The number of hydrogen-bond donors (Lipinski definition) is 2. The first-order chi connectivity index (χ1) is 9.57. The molecule has 1 aromatic rings. The van der Waals surface area contributed by atoms with Crippen LogP contribution in [0.2, 0.25) is 0 Å². The Morgan fingerprint density at radius 3 is 2.25 bits per heavy atom. The molecule has 0 aromatic carbocycles. The maximum Gasteiger partial charge on any atom is 0.241 e. The summed E-state index contributed by atoms with van der Waals surface area (Å²) in [6.07, 6.45) is 0.758. The Morgan fingerprint density at radius 1 is 1.15 bits per heavy atom. The van der Waals surface area contributed by atoms with Crippen LogP contribution in [0, 0.1) is 6.92 Å². The lowest BCUT2D eigenvalue weighted by atomic mass is 10.3. The fourth-order valence-corrected chi connectivity index (χ4v) is 1.98. The van der Waals surface area contributed by atoms with Crippen molar-refractivity contribution < 1.29 is 4.79 Å². The molecule has 2 N–H and O–H groups in total. The Labute approximate surface area is 121 Å². The molecule has 0 saturated carbocycles. The molecule has 1 rings (SSSR count). The number of nitrogens with zero attached hydrogens (tertiary/aromatic N) is 3. The highest BCUT2D eigenvalue weighted by Crippen LogP contribution is 2.19. The third-order valence-electron chi connectivity index (χ3n) is 3.27. The van der Waals surface area contributed by atoms with Crippen LogP contribution in [0.15, 0.2) is 0 Å². The number of aryl methyl sites for hydroxylation is 1. The summed E-state index contributed by atoms with van der Waals surface area (Å²) in [7, 11) is 1.83. The van der Waals surface area contributed by atoms with Crippen LogP contribution in [0.3, 0.4) is 0 Å². The second kappa shape index (κ2) is 7.67. The van der Waals surface area contributed by atoms with Gasteiger partial charge in [-0.05, 0) is 20.8 Å². The van der Waals surface area contributed by atoms with Crippen molar-refractivity contribution >= 4 is 17.5 Å². The van der Waals surface area contributed by atoms with Crippen LogP contribution in [-0.2, 0) is 11.2 Å². The van der Waals surface area contributed by atoms with Gasteiger partial charge >= 0.3 is 0 Å². The van der Waals surface area contributed by atoms with Crippen molar-refractivity contribution in [1.82, 2.24) is 14.9 Å². The Balaban J connectivity index is 2.84. The lowest BCUT2D eigenvalue weighted by Crippen LogP contribution is -2.35. The molecule has 0 radical (unpaired) electrons. The molecule has 0 atom stereocenters. The van der Waals surface area contributed by atoms with E-state index in [0.717, 1.165) is 42.5 Å². The van der Waals surface area contributed by atoms with Gasteiger partial charge in [-0.25, -0.2) is 9.97 Å². The number of rotatable bonds is 7. The fourth-order valence-electron chi connectivity index (χ4n) is 1.98. The van der Waals surface area contributed by atoms with E-state index in [-0.39, 0.29) is 12.5 Å². The maximum atomic E-state index is 12.0. The molecule has 20 heavy (non-hydrogen) atoms. The van der Waals surface area contributed by atoms with Gasteiger partial charge in [0.05, 0.1) is 6.54 Å². The van der Waals surface area contributed by atoms with Gasteiger partial charge in [-0.3, -0.25) is 4.79 Å². The van der Waals surface area contributed by atoms with Crippen LogP contribution in [0.4, 0.5) is 11.6 Å². The molecular formula is C14H25N5O. The normalized spacial score (nSPS) is 10.2. The summed E-state index contributed by atoms with van der Waals surface area (Å²) in [5.41, 5.74) is 0.928. The average molecular weight is 279 g/mol. The Hall–Kier alpha value is -1.85. The first-order valence-electron chi connectivity index (χ1n) is 7.14. The molecule has 0 saturated heterocycles. The van der Waals surface area contributed by atoms with Crippen molar-refractivity contribution in [3.63, 3.8) is 0 Å². The minimum Gasteiger partial charge on any atom is -0.373 e. The quantitative estimate of drug-likeness (QED) is 0.794. The highest BCUT2D eigenvalue weighted by Gasteiger charge is 2.13. The van der Waals surface area contributed by atoms with Crippen molar-refractivity contribution in [3.05, 3.63) is 11.4 Å². The highest BCUT2D eigenvalue weighted by atomic mass is 16.2. The van der Waals surface area contributed by atoms with Gasteiger partial charge < -0.3 is 15.5 Å². The molecule has 0 unspecified atom stereocenters. The molecular weight excluding hydrogens is 254 g/mol. The van der Waals surface area contributed by atoms with Crippen molar-refractivity contribution in [3.8, 4) is 0 Å². The first kappa shape index (κ1) is 16.2. The molecule has 0 fully saturated rings. The van der Waals surface area contributed by atoms with Gasteiger partial charge in [-0.2, -0.15) is 0 Å². The van der Waals surface area contributed by atoms with Crippen LogP contribution < -0.4 is 10.6 Å². The van der Waals surface area contributed by atoms with E-state index >= 15 is 0 Å². The molecule has 0 bridgehead atoms. The fraction of sp³-hybridized carbons (Fsp3) is 0.643. The zero-order valence-electron chi connectivity index (χ0n) is 13.1. The number of carbonyl (C=O) groups excluding carboxylic acids is 1. The zero-order valence-corrected chi connectivity index (χ0v) is 13.1. The molecule has 0 aliphatic rings. The van der Waals surface area contributed by atoms with Crippen LogP contribution in [-0.4, -0.2) is 47.5 Å². The van der Waals surface area contributed by atoms with Crippen molar-refractivity contribution in [2.24, 2.45) is 0 Å². The van der Waals surface area contributed by atoms with Crippen molar-refractivity contribution in [2.75, 3.05) is 37.3 Å². The molecule has 1 aromatic heterocycles. The topological polar surface area (TPSA) is 70.2 Å². The highest BCUT2D eigenvalue weighted by molar-refractivity contribution is 5.81. The summed E-state index contributed by atoms with van der Waals surface area (Å²) in [5, 5.41) is 6.19. The molecule has 1 heterocycles. The summed E-state index contributed by atoms with van der Waals surface area (Å²) >= 11 is 0. The minimum atomic E-state index is 0.0806. The molecule has 0 aliphatic carbocycles. The summed E-state index contributed by atoms with van der Waals surface area (Å²) in [6.45, 7) is 9.61. The lowest BCUT2D eigenvalue weighted by molar-refractivity contribution is -0.128. The second-order valence-corrected chi connectivity index (χ2v) is 4.49. The molecule has 6 nitrogen and oxygen atoms in total. The zero-order chi connectivity index (χ0) is 15.1. The average Bonchev–Trinajstić information content (AvgIpc) is 2.47. The van der Waals surface area contributed by atoms with Crippen LogP contribution in [0.5, 0.6) is 0 Å². The number of carbonyl (C=O) groups is 1. The minimum absolute atomic E-state index is 0.0806. The van der Waals surface area contributed by atoms with E-state index in [4.69, 9.17) is 0 Å². The molecule has 6 heteroatoms. The van der Waals surface area contributed by atoms with Gasteiger partial charge in [0.1, 0.15) is 17.5 Å². The lowest BCUT2D eigenvalue weighted by Gasteiger charge is -2.19. The third kappa shape index (κ3) is 3.82. The van der Waals surface area contributed by atoms with Gasteiger partial charge in [-0.15, -0.1) is 0 Å². The summed E-state index contributed by atoms with van der Waals surface area (Å²) < 4.78 is 0. The summed E-state index contributed by atoms with van der Waals surface area (Å²) in [6, 6.07) is 0. The maximum absolute atomic E-state index is 12.0. The number of anilines is 2. The van der Waals surface area contributed by atoms with E-state index in [1.807, 2.05) is 34.7 Å². The molecule has 0 spiro atoms. The number of likely N-dealkylation sites (N-methyl/N-ethyl adjacent to an activating group) is 1. The SMILES string of the molecule is CCc1nc(NC)c(C)c(NCC(=O)N(CC)CC)n1. The second-order valence-electron chi connectivity index (χ2n) is 4.49. The Bertz CT molecular complexity index is 457. The van der Waals surface area contributed by atoms with Crippen molar-refractivity contribution in [1.29, 1.82) is 0 Å². The summed E-state index contributed by atoms with van der Waals surface area (Å²) in [5.74, 6) is 2.37. The number of aromatic nitrogens is 2. The van der Waals surface area contributed by atoms with Gasteiger partial charge in [0.2, 0.25) is 5.91 Å². The van der Waals surface area contributed by atoms with Crippen molar-refractivity contribution in [2.45, 2.75) is 34.1 Å². The van der Waals surface area contributed by atoms with Gasteiger partial charge in [0.15, 0.2) is 0 Å². The van der Waals surface area contributed by atoms with Gasteiger partial charge in [-0.1, -0.05) is 6.92 Å². The number of hydrogen-bond acceptors (Lipinski definition) is 5. The van der Waals surface area contributed by atoms with E-state index in [1.165, 1.54) is 0 Å². The van der Waals surface area contributed by atoms with Crippen LogP contribution in [0.25, 0.3) is 0 Å². The van der Waals surface area contributed by atoms with Gasteiger partial charge in [0.25, 0.3) is 0 Å². The standard InChI is InChI=1S/C14H25N5O/c1-6-11-17-13(15-5)10(4)14(18-11)16-9-12(20)19(7-2)8-3/h6-9H2,1-5H3,(H2,15,16,17,18). The number of nitrogens with one attached hydrogen (secondary N) is 2. The van der Waals surface area contributed by atoms with Crippen LogP contribution in [0.1, 0.15) is 32.2 Å². The number of amides is 1. The van der Waals surface area contributed by atoms with E-state index in [1.54, 1.807) is 4.90 Å². The smallest absolute Gasteiger partial charge is 0.241 e. The molecule has 112 valence electrons. The van der Waals surface area contributed by atoms with Gasteiger partial charge in [0, 0.05) is 32.1 Å². The predicted octanol–water partition coefficient (Wildman–Crippen LogP) is 1.67. The Kier molecular flexibility index (Phi) is 6.21. The predicted molar refractivity (Wildman–Crippen MR) is 82.1 cm³/mol. The molecule has 1 amide bonds. The third-order valence-corrected chi connectivity index (χ3v) is 3.27. The van der Waals surface area contributed by atoms with E-state index in [2.05, 4.69) is 20.6 Å².